The van der Waals surface area contributed by atoms with Gasteiger partial charge in [0.25, 0.3) is 0 Å². The third-order valence-electron chi connectivity index (χ3n) is 4.37. The molecule has 3 fully saturated rings. The van der Waals surface area contributed by atoms with Gasteiger partial charge in [-0.3, -0.25) is 9.80 Å². The Balaban J connectivity index is 1.56. The summed E-state index contributed by atoms with van der Waals surface area (Å²) in [5.74, 6) is 1.01. The second kappa shape index (κ2) is 4.00. The van der Waals surface area contributed by atoms with E-state index in [0.29, 0.717) is 11.8 Å². The van der Waals surface area contributed by atoms with Crippen LogP contribution < -0.4 is 10.7 Å². The summed E-state index contributed by atoms with van der Waals surface area (Å²) < 4.78 is 0. The van der Waals surface area contributed by atoms with Gasteiger partial charge in [0.1, 0.15) is 0 Å². The lowest BCUT2D eigenvalue weighted by Gasteiger charge is -2.38. The lowest BCUT2D eigenvalue weighted by atomic mass is 9.76. The van der Waals surface area contributed by atoms with Gasteiger partial charge < -0.3 is 5.32 Å². The number of carbonyl (C=O) groups is 1. The van der Waals surface area contributed by atoms with Crippen LogP contribution in [0.5, 0.6) is 0 Å². The van der Waals surface area contributed by atoms with Gasteiger partial charge >= 0.3 is 0 Å². The molecule has 0 unspecified atom stereocenters. The summed E-state index contributed by atoms with van der Waals surface area (Å²) in [6.45, 7) is 3.14. The Hall–Kier alpha value is -0.610. The van der Waals surface area contributed by atoms with E-state index in [0.717, 1.165) is 26.1 Å². The Labute approximate surface area is 96.7 Å². The van der Waals surface area contributed by atoms with Crippen LogP contribution in [0.4, 0.5) is 0 Å². The Morgan fingerprint density at radius 3 is 2.62 bits per heavy atom. The zero-order valence-corrected chi connectivity index (χ0v) is 9.80. The Morgan fingerprint density at radius 1 is 1.31 bits per heavy atom. The summed E-state index contributed by atoms with van der Waals surface area (Å²) in [6.07, 6.45) is 6.79. The molecule has 0 aromatic rings. The third-order valence-corrected chi connectivity index (χ3v) is 4.37. The smallest absolute Gasteiger partial charge is 0.238 e. The van der Waals surface area contributed by atoms with Crippen LogP contribution in [-0.2, 0) is 4.79 Å². The summed E-state index contributed by atoms with van der Waals surface area (Å²) >= 11 is 0. The predicted molar refractivity (Wildman–Crippen MR) is 61.6 cm³/mol. The highest BCUT2D eigenvalue weighted by molar-refractivity contribution is 5.79. The number of hydrogen-bond donors (Lipinski definition) is 2. The van der Waals surface area contributed by atoms with Crippen LogP contribution in [0.25, 0.3) is 0 Å². The lowest BCUT2D eigenvalue weighted by Crippen LogP contribution is -2.52. The molecule has 3 aliphatic rings. The van der Waals surface area contributed by atoms with E-state index >= 15 is 0 Å². The largest absolute Gasteiger partial charge is 0.317 e. The van der Waals surface area contributed by atoms with Crippen molar-refractivity contribution < 1.29 is 4.79 Å². The van der Waals surface area contributed by atoms with Gasteiger partial charge in [-0.1, -0.05) is 0 Å². The van der Waals surface area contributed by atoms with Crippen LogP contribution in [0.15, 0.2) is 0 Å². The molecule has 2 N–H and O–H groups in total. The van der Waals surface area contributed by atoms with Gasteiger partial charge in [0.05, 0.1) is 0 Å². The fraction of sp³-hybridized carbons (Fsp3) is 0.917. The molecule has 0 aromatic carbocycles. The molecule has 2 saturated heterocycles. The normalized spacial score (nSPS) is 29.8. The number of carbonyl (C=O) groups excluding carboxylic acids is 1. The summed E-state index contributed by atoms with van der Waals surface area (Å²) in [5.41, 5.74) is 3.63. The van der Waals surface area contributed by atoms with E-state index in [1.54, 1.807) is 0 Å². The summed E-state index contributed by atoms with van der Waals surface area (Å²) in [7, 11) is 0. The van der Waals surface area contributed by atoms with Crippen LogP contribution >= 0.6 is 0 Å². The fourth-order valence-electron chi connectivity index (χ4n) is 3.14. The molecule has 0 radical (unpaired) electrons. The molecule has 1 saturated carbocycles. The molecule has 16 heavy (non-hydrogen) atoms. The zero-order valence-electron chi connectivity index (χ0n) is 9.80. The second-order valence-electron chi connectivity index (χ2n) is 5.62. The van der Waals surface area contributed by atoms with E-state index in [-0.39, 0.29) is 5.54 Å². The van der Waals surface area contributed by atoms with Gasteiger partial charge in [-0.15, -0.1) is 0 Å². The molecule has 0 bridgehead atoms. The fourth-order valence-corrected chi connectivity index (χ4v) is 3.14. The molecule has 1 spiro atoms. The van der Waals surface area contributed by atoms with Gasteiger partial charge in [-0.05, 0) is 51.1 Å². The minimum absolute atomic E-state index is 0.171. The van der Waals surface area contributed by atoms with Crippen molar-refractivity contribution in [3.8, 4) is 0 Å². The average Bonchev–Trinajstić information content (AvgIpc) is 2.58. The van der Waals surface area contributed by atoms with Crippen molar-refractivity contribution in [2.24, 2.45) is 5.92 Å². The van der Waals surface area contributed by atoms with Crippen LogP contribution in [0.2, 0.25) is 0 Å². The SMILES string of the molecule is O=C1CC2(CCC2)NN1CC1CCNCC1. The maximum atomic E-state index is 11.9. The first-order chi connectivity index (χ1) is 7.77. The first kappa shape index (κ1) is 10.5. The standard InChI is InChI=1S/C12H21N3O/c16-11-8-12(4-1-5-12)14-15(11)9-10-2-6-13-7-3-10/h10,13-14H,1-9H2. The first-order valence-electron chi connectivity index (χ1n) is 6.56. The molecular weight excluding hydrogens is 202 g/mol. The van der Waals surface area contributed by atoms with E-state index in [4.69, 9.17) is 0 Å². The van der Waals surface area contributed by atoms with Crippen LogP contribution in [0.3, 0.4) is 0 Å². The lowest BCUT2D eigenvalue weighted by molar-refractivity contribution is -0.130. The number of hydrazine groups is 1. The number of rotatable bonds is 2. The van der Waals surface area contributed by atoms with E-state index in [1.165, 1.54) is 32.1 Å². The second-order valence-corrected chi connectivity index (χ2v) is 5.62. The van der Waals surface area contributed by atoms with Crippen LogP contribution in [0, 0.1) is 5.92 Å². The zero-order chi connectivity index (χ0) is 11.0. The number of nitrogens with zero attached hydrogens (tertiary/aromatic N) is 1. The van der Waals surface area contributed by atoms with Gasteiger partial charge in [0, 0.05) is 18.5 Å². The Morgan fingerprint density at radius 2 is 2.06 bits per heavy atom. The van der Waals surface area contributed by atoms with Crippen molar-refractivity contribution in [3.63, 3.8) is 0 Å². The average molecular weight is 223 g/mol. The highest BCUT2D eigenvalue weighted by atomic mass is 16.2. The van der Waals surface area contributed by atoms with Gasteiger partial charge in [-0.25, -0.2) is 5.43 Å². The van der Waals surface area contributed by atoms with Crippen molar-refractivity contribution in [2.75, 3.05) is 19.6 Å². The summed E-state index contributed by atoms with van der Waals surface area (Å²) in [4.78, 5) is 11.9. The molecule has 2 aliphatic heterocycles. The summed E-state index contributed by atoms with van der Waals surface area (Å²) in [5, 5.41) is 5.28. The number of piperidine rings is 1. The van der Waals surface area contributed by atoms with E-state index < -0.39 is 0 Å². The quantitative estimate of drug-likeness (QED) is 0.722. The number of nitrogens with one attached hydrogen (secondary N) is 2. The maximum Gasteiger partial charge on any atom is 0.238 e. The molecule has 4 heteroatoms. The van der Waals surface area contributed by atoms with Crippen LogP contribution in [0.1, 0.15) is 38.5 Å². The molecule has 0 atom stereocenters. The number of amides is 1. The van der Waals surface area contributed by atoms with Crippen molar-refractivity contribution in [2.45, 2.75) is 44.1 Å². The molecule has 90 valence electrons. The molecule has 0 aromatic heterocycles. The minimum Gasteiger partial charge on any atom is -0.317 e. The number of hydrogen-bond acceptors (Lipinski definition) is 3. The van der Waals surface area contributed by atoms with Crippen LogP contribution in [-0.4, -0.2) is 36.1 Å². The van der Waals surface area contributed by atoms with Crippen molar-refractivity contribution in [1.29, 1.82) is 0 Å². The van der Waals surface area contributed by atoms with Crippen molar-refractivity contribution in [1.82, 2.24) is 15.8 Å². The first-order valence-corrected chi connectivity index (χ1v) is 6.56. The van der Waals surface area contributed by atoms with E-state index in [9.17, 15) is 4.79 Å². The highest BCUT2D eigenvalue weighted by Gasteiger charge is 2.47. The molecule has 4 nitrogen and oxygen atoms in total. The van der Waals surface area contributed by atoms with Crippen molar-refractivity contribution >= 4 is 5.91 Å². The monoisotopic (exact) mass is 223 g/mol. The summed E-state index contributed by atoms with van der Waals surface area (Å²) in [6, 6.07) is 0. The Bertz CT molecular complexity index is 282. The van der Waals surface area contributed by atoms with E-state index in [2.05, 4.69) is 10.7 Å². The maximum absolute atomic E-state index is 11.9. The van der Waals surface area contributed by atoms with E-state index in [1.807, 2.05) is 5.01 Å². The molecule has 3 rings (SSSR count). The third kappa shape index (κ3) is 1.84. The topological polar surface area (TPSA) is 44.4 Å². The van der Waals surface area contributed by atoms with Gasteiger partial charge in [-0.2, -0.15) is 0 Å². The van der Waals surface area contributed by atoms with Crippen molar-refractivity contribution in [3.05, 3.63) is 0 Å². The minimum atomic E-state index is 0.171. The van der Waals surface area contributed by atoms with Gasteiger partial charge in [0.2, 0.25) is 5.91 Å². The molecular formula is C12H21N3O. The molecule has 1 aliphatic carbocycles. The van der Waals surface area contributed by atoms with Gasteiger partial charge in [0.15, 0.2) is 0 Å². The highest BCUT2D eigenvalue weighted by Crippen LogP contribution is 2.39. The molecule has 1 amide bonds. The Kier molecular flexibility index (Phi) is 2.64. The molecule has 2 heterocycles. The predicted octanol–water partition coefficient (Wildman–Crippen LogP) is 0.646.